The van der Waals surface area contributed by atoms with Crippen LogP contribution in [0, 0.1) is 0 Å². The Kier molecular flexibility index (Phi) is 3.82. The zero-order chi connectivity index (χ0) is 10.6. The highest BCUT2D eigenvalue weighted by atomic mass is 32.2. The fourth-order valence-electron chi connectivity index (χ4n) is 1.09. The lowest BCUT2D eigenvalue weighted by atomic mass is 10.4. The zero-order valence-electron chi connectivity index (χ0n) is 8.23. The molecule has 0 aliphatic carbocycles. The second-order valence-corrected chi connectivity index (χ2v) is 4.56. The molecule has 14 heavy (non-hydrogen) atoms. The van der Waals surface area contributed by atoms with Gasteiger partial charge in [-0.1, -0.05) is 0 Å². The van der Waals surface area contributed by atoms with Crippen LogP contribution in [0.3, 0.4) is 0 Å². The third-order valence-corrected chi connectivity index (χ3v) is 2.56. The maximum absolute atomic E-state index is 10.9. The van der Waals surface area contributed by atoms with E-state index >= 15 is 0 Å². The molecule has 1 aromatic rings. The molecule has 2 atom stereocenters. The van der Waals surface area contributed by atoms with Crippen LogP contribution in [0.15, 0.2) is 12.4 Å². The lowest BCUT2D eigenvalue weighted by Gasteiger charge is -2.13. The van der Waals surface area contributed by atoms with Crippen molar-refractivity contribution in [3.63, 3.8) is 0 Å². The normalized spacial score (nSPS) is 14.7. The third kappa shape index (κ3) is 3.29. The molecule has 1 rings (SSSR count). The van der Waals surface area contributed by atoms with E-state index in [4.69, 9.17) is 5.73 Å². The predicted octanol–water partition coefficient (Wildman–Crippen LogP) is 0.238. The second kappa shape index (κ2) is 4.90. The van der Waals surface area contributed by atoms with Gasteiger partial charge in [0.15, 0.2) is 11.6 Å². The molecule has 0 bridgehead atoms. The first-order chi connectivity index (χ1) is 6.59. The average molecular weight is 214 g/mol. The lowest BCUT2D eigenvalue weighted by molar-refractivity contribution is 0.683. The fourth-order valence-corrected chi connectivity index (χ4v) is 1.87. The molecule has 0 spiro atoms. The fraction of sp³-hybridized carbons (Fsp3) is 0.500. The average Bonchev–Trinajstić information content (AvgIpc) is 2.07. The number of rotatable bonds is 4. The van der Waals surface area contributed by atoms with Gasteiger partial charge in [-0.3, -0.25) is 4.21 Å². The Labute approximate surface area is 85.6 Å². The van der Waals surface area contributed by atoms with E-state index < -0.39 is 10.8 Å². The van der Waals surface area contributed by atoms with Gasteiger partial charge in [0.1, 0.15) is 0 Å². The monoisotopic (exact) mass is 214 g/mol. The first kappa shape index (κ1) is 10.9. The van der Waals surface area contributed by atoms with Crippen LogP contribution in [0.4, 0.5) is 11.6 Å². The van der Waals surface area contributed by atoms with Crippen LogP contribution in [0.25, 0.3) is 0 Å². The van der Waals surface area contributed by atoms with Crippen molar-refractivity contribution in [3.05, 3.63) is 12.4 Å². The predicted molar refractivity (Wildman–Crippen MR) is 58.5 cm³/mol. The molecular formula is C8H14N4OS. The highest BCUT2D eigenvalue weighted by Gasteiger charge is 2.07. The summed E-state index contributed by atoms with van der Waals surface area (Å²) in [7, 11) is -0.827. The van der Waals surface area contributed by atoms with Crippen LogP contribution in [-0.2, 0) is 10.8 Å². The van der Waals surface area contributed by atoms with Gasteiger partial charge in [0.05, 0.1) is 0 Å². The molecule has 2 unspecified atom stereocenters. The summed E-state index contributed by atoms with van der Waals surface area (Å²) < 4.78 is 10.9. The van der Waals surface area contributed by atoms with E-state index in [9.17, 15) is 4.21 Å². The van der Waals surface area contributed by atoms with Crippen molar-refractivity contribution < 1.29 is 4.21 Å². The molecule has 0 amide bonds. The van der Waals surface area contributed by atoms with E-state index in [-0.39, 0.29) is 6.04 Å². The third-order valence-electron chi connectivity index (χ3n) is 1.59. The summed E-state index contributed by atoms with van der Waals surface area (Å²) in [6, 6.07) is 0.0693. The van der Waals surface area contributed by atoms with E-state index in [2.05, 4.69) is 15.3 Å². The number of aromatic nitrogens is 2. The second-order valence-electron chi connectivity index (χ2n) is 3.08. The summed E-state index contributed by atoms with van der Waals surface area (Å²) in [5, 5.41) is 3.05. The molecule has 5 nitrogen and oxygen atoms in total. The van der Waals surface area contributed by atoms with Crippen molar-refractivity contribution >= 4 is 22.4 Å². The molecule has 0 saturated carbocycles. The Morgan fingerprint density at radius 2 is 2.21 bits per heavy atom. The Hall–Kier alpha value is -1.17. The van der Waals surface area contributed by atoms with E-state index in [1.54, 1.807) is 12.5 Å². The molecule has 0 aliphatic rings. The van der Waals surface area contributed by atoms with Crippen molar-refractivity contribution in [2.24, 2.45) is 0 Å². The van der Waals surface area contributed by atoms with Crippen LogP contribution >= 0.6 is 0 Å². The maximum atomic E-state index is 10.9. The molecule has 6 heteroatoms. The molecule has 1 aromatic heterocycles. The van der Waals surface area contributed by atoms with Crippen LogP contribution in [0.5, 0.6) is 0 Å². The van der Waals surface area contributed by atoms with E-state index in [0.29, 0.717) is 17.4 Å². The topological polar surface area (TPSA) is 80.9 Å². The number of nitrogen functional groups attached to an aromatic ring is 1. The molecule has 0 radical (unpaired) electrons. The maximum Gasteiger partial charge on any atom is 0.169 e. The summed E-state index contributed by atoms with van der Waals surface area (Å²) in [6.07, 6.45) is 4.76. The van der Waals surface area contributed by atoms with Gasteiger partial charge in [-0.2, -0.15) is 0 Å². The van der Waals surface area contributed by atoms with E-state index in [0.717, 1.165) is 0 Å². The lowest BCUT2D eigenvalue weighted by Crippen LogP contribution is -2.23. The Balaban J connectivity index is 2.60. The minimum absolute atomic E-state index is 0.0693. The molecule has 1 heterocycles. The summed E-state index contributed by atoms with van der Waals surface area (Å²) in [5.41, 5.74) is 5.59. The summed E-state index contributed by atoms with van der Waals surface area (Å²) in [6.45, 7) is 1.93. The molecule has 0 aromatic carbocycles. The number of nitrogens with one attached hydrogen (secondary N) is 1. The van der Waals surface area contributed by atoms with Gasteiger partial charge in [0.2, 0.25) is 0 Å². The van der Waals surface area contributed by atoms with Gasteiger partial charge >= 0.3 is 0 Å². The number of hydrogen-bond acceptors (Lipinski definition) is 5. The van der Waals surface area contributed by atoms with Gasteiger partial charge in [-0.05, 0) is 6.92 Å². The number of nitrogens with two attached hydrogens (primary N) is 1. The highest BCUT2D eigenvalue weighted by molar-refractivity contribution is 7.84. The molecule has 3 N–H and O–H groups in total. The molecular weight excluding hydrogens is 200 g/mol. The van der Waals surface area contributed by atoms with Crippen molar-refractivity contribution in [3.8, 4) is 0 Å². The largest absolute Gasteiger partial charge is 0.381 e. The quantitative estimate of drug-likeness (QED) is 0.750. The van der Waals surface area contributed by atoms with Crippen molar-refractivity contribution in [1.29, 1.82) is 0 Å². The van der Waals surface area contributed by atoms with Crippen molar-refractivity contribution in [2.75, 3.05) is 23.1 Å². The highest BCUT2D eigenvalue weighted by Crippen LogP contribution is 2.10. The van der Waals surface area contributed by atoms with E-state index in [1.807, 2.05) is 6.92 Å². The Morgan fingerprint density at radius 3 is 2.79 bits per heavy atom. The van der Waals surface area contributed by atoms with Crippen LogP contribution in [-0.4, -0.2) is 32.2 Å². The van der Waals surface area contributed by atoms with E-state index in [1.165, 1.54) is 6.20 Å². The number of anilines is 2. The standard InChI is InChI=1S/C8H14N4OS/c1-6(5-14(2)13)12-8-7(9)10-3-4-11-8/h3-4,6H,5H2,1-2H3,(H2,9,10)(H,11,12). The summed E-state index contributed by atoms with van der Waals surface area (Å²) in [5.74, 6) is 1.47. The SMILES string of the molecule is CC(CS(C)=O)Nc1nccnc1N. The first-order valence-corrected chi connectivity index (χ1v) is 5.95. The van der Waals surface area contributed by atoms with Gasteiger partial charge in [0.25, 0.3) is 0 Å². The Morgan fingerprint density at radius 1 is 1.57 bits per heavy atom. The minimum Gasteiger partial charge on any atom is -0.381 e. The van der Waals surface area contributed by atoms with Gasteiger partial charge < -0.3 is 11.1 Å². The first-order valence-electron chi connectivity index (χ1n) is 4.22. The number of nitrogens with zero attached hydrogens (tertiary/aromatic N) is 2. The molecule has 0 saturated heterocycles. The molecule has 78 valence electrons. The smallest absolute Gasteiger partial charge is 0.169 e. The zero-order valence-corrected chi connectivity index (χ0v) is 9.04. The molecule has 0 aliphatic heterocycles. The summed E-state index contributed by atoms with van der Waals surface area (Å²) in [4.78, 5) is 7.92. The van der Waals surface area contributed by atoms with Crippen molar-refractivity contribution in [1.82, 2.24) is 9.97 Å². The minimum atomic E-state index is -0.827. The van der Waals surface area contributed by atoms with Gasteiger partial charge in [-0.25, -0.2) is 9.97 Å². The van der Waals surface area contributed by atoms with Gasteiger partial charge in [0, 0.05) is 41.2 Å². The van der Waals surface area contributed by atoms with Crippen LogP contribution < -0.4 is 11.1 Å². The molecule has 0 fully saturated rings. The summed E-state index contributed by atoms with van der Waals surface area (Å²) >= 11 is 0. The van der Waals surface area contributed by atoms with Crippen LogP contribution in [0.1, 0.15) is 6.92 Å². The van der Waals surface area contributed by atoms with Gasteiger partial charge in [-0.15, -0.1) is 0 Å². The number of hydrogen-bond donors (Lipinski definition) is 2. The van der Waals surface area contributed by atoms with Crippen molar-refractivity contribution in [2.45, 2.75) is 13.0 Å². The Bertz CT molecular complexity index is 331. The van der Waals surface area contributed by atoms with Crippen LogP contribution in [0.2, 0.25) is 0 Å².